The number of methoxy groups -OCH3 is 1. The average molecular weight is 303 g/mol. The maximum atomic E-state index is 5.64. The summed E-state index contributed by atoms with van der Waals surface area (Å²) in [5.41, 5.74) is 5.61. The fraction of sp³-hybridized carbons (Fsp3) is 0.190. The largest absolute Gasteiger partial charge is 0.498 e. The molecule has 0 amide bonds. The van der Waals surface area contributed by atoms with E-state index in [1.54, 1.807) is 7.11 Å². The molecule has 0 saturated heterocycles. The van der Waals surface area contributed by atoms with Gasteiger partial charge in [-0.05, 0) is 12.0 Å². The molecule has 23 heavy (non-hydrogen) atoms. The van der Waals surface area contributed by atoms with Gasteiger partial charge in [-0.1, -0.05) is 73.7 Å². The second-order valence-electron chi connectivity index (χ2n) is 5.43. The first-order valence-corrected chi connectivity index (χ1v) is 7.98. The van der Waals surface area contributed by atoms with Crippen LogP contribution in [0.2, 0.25) is 0 Å². The second-order valence-corrected chi connectivity index (χ2v) is 5.43. The lowest BCUT2D eigenvalue weighted by Crippen LogP contribution is -2.05. The SMILES string of the molecule is CC/C=C/C1=C(OC)CN=C(c2ccccc2)c2ccccc21. The highest BCUT2D eigenvalue weighted by Gasteiger charge is 2.19. The molecule has 0 spiro atoms. The van der Waals surface area contributed by atoms with Gasteiger partial charge >= 0.3 is 0 Å². The van der Waals surface area contributed by atoms with Crippen molar-refractivity contribution in [1.82, 2.24) is 0 Å². The number of fused-ring (bicyclic) bond motifs is 1. The van der Waals surface area contributed by atoms with Gasteiger partial charge in [0.05, 0.1) is 19.4 Å². The van der Waals surface area contributed by atoms with E-state index in [0.717, 1.165) is 34.6 Å². The molecule has 0 radical (unpaired) electrons. The molecule has 0 fully saturated rings. The lowest BCUT2D eigenvalue weighted by molar-refractivity contribution is 0.290. The molecule has 1 aliphatic rings. The molecule has 0 unspecified atom stereocenters. The van der Waals surface area contributed by atoms with E-state index in [9.17, 15) is 0 Å². The third-order valence-corrected chi connectivity index (χ3v) is 3.97. The molecule has 1 aliphatic heterocycles. The summed E-state index contributed by atoms with van der Waals surface area (Å²) in [5, 5.41) is 0. The zero-order valence-corrected chi connectivity index (χ0v) is 13.6. The Balaban J connectivity index is 2.19. The first kappa shape index (κ1) is 15.3. The van der Waals surface area contributed by atoms with E-state index in [1.807, 2.05) is 18.2 Å². The van der Waals surface area contributed by atoms with Crippen LogP contribution in [-0.2, 0) is 4.74 Å². The number of rotatable bonds is 4. The van der Waals surface area contributed by atoms with Crippen molar-refractivity contribution in [3.63, 3.8) is 0 Å². The van der Waals surface area contributed by atoms with Crippen LogP contribution >= 0.6 is 0 Å². The van der Waals surface area contributed by atoms with Crippen LogP contribution in [0.15, 0.2) is 77.5 Å². The highest BCUT2D eigenvalue weighted by atomic mass is 16.5. The molecule has 2 aromatic rings. The molecule has 2 heteroatoms. The minimum atomic E-state index is 0.554. The van der Waals surface area contributed by atoms with E-state index in [0.29, 0.717) is 6.54 Å². The van der Waals surface area contributed by atoms with Crippen LogP contribution in [-0.4, -0.2) is 19.4 Å². The van der Waals surface area contributed by atoms with Crippen LogP contribution in [0.1, 0.15) is 30.0 Å². The van der Waals surface area contributed by atoms with Crippen LogP contribution in [0.3, 0.4) is 0 Å². The van der Waals surface area contributed by atoms with Crippen LogP contribution in [0, 0.1) is 0 Å². The normalized spacial score (nSPS) is 14.4. The van der Waals surface area contributed by atoms with Gasteiger partial charge in [-0.25, -0.2) is 0 Å². The number of allylic oxidation sites excluding steroid dienone is 3. The summed E-state index contributed by atoms with van der Waals surface area (Å²) in [6.07, 6.45) is 5.31. The second kappa shape index (κ2) is 7.10. The number of hydrogen-bond donors (Lipinski definition) is 0. The average Bonchev–Trinajstić information content (AvgIpc) is 2.77. The maximum Gasteiger partial charge on any atom is 0.125 e. The van der Waals surface area contributed by atoms with Crippen molar-refractivity contribution in [3.8, 4) is 0 Å². The van der Waals surface area contributed by atoms with Crippen molar-refractivity contribution < 1.29 is 4.74 Å². The molecule has 2 aromatic carbocycles. The molecule has 0 N–H and O–H groups in total. The summed E-state index contributed by atoms with van der Waals surface area (Å²) >= 11 is 0. The summed E-state index contributed by atoms with van der Waals surface area (Å²) in [5.74, 6) is 0.910. The van der Waals surface area contributed by atoms with Crippen LogP contribution in [0.4, 0.5) is 0 Å². The summed E-state index contributed by atoms with van der Waals surface area (Å²) < 4.78 is 5.64. The molecule has 1 heterocycles. The van der Waals surface area contributed by atoms with Crippen LogP contribution in [0.25, 0.3) is 5.57 Å². The Kier molecular flexibility index (Phi) is 4.72. The smallest absolute Gasteiger partial charge is 0.125 e. The van der Waals surface area contributed by atoms with Gasteiger partial charge in [0, 0.05) is 16.7 Å². The predicted octanol–water partition coefficient (Wildman–Crippen LogP) is 4.86. The van der Waals surface area contributed by atoms with Gasteiger partial charge in [-0.2, -0.15) is 0 Å². The quantitative estimate of drug-likeness (QED) is 0.790. The lowest BCUT2D eigenvalue weighted by Gasteiger charge is -2.12. The first-order valence-electron chi connectivity index (χ1n) is 7.98. The summed E-state index contributed by atoms with van der Waals surface area (Å²) in [6, 6.07) is 18.8. The molecular formula is C21H21NO. The van der Waals surface area contributed by atoms with Gasteiger partial charge in [-0.15, -0.1) is 0 Å². The topological polar surface area (TPSA) is 21.6 Å². The van der Waals surface area contributed by atoms with Crippen molar-refractivity contribution in [1.29, 1.82) is 0 Å². The third kappa shape index (κ3) is 3.11. The fourth-order valence-corrected chi connectivity index (χ4v) is 2.83. The molecule has 0 saturated carbocycles. The van der Waals surface area contributed by atoms with Gasteiger partial charge in [-0.3, -0.25) is 4.99 Å². The number of hydrogen-bond acceptors (Lipinski definition) is 2. The summed E-state index contributed by atoms with van der Waals surface area (Å²) in [6.45, 7) is 2.69. The maximum absolute atomic E-state index is 5.64. The minimum absolute atomic E-state index is 0.554. The minimum Gasteiger partial charge on any atom is -0.498 e. The van der Waals surface area contributed by atoms with E-state index in [4.69, 9.17) is 9.73 Å². The molecule has 2 nitrogen and oxygen atoms in total. The van der Waals surface area contributed by atoms with Gasteiger partial charge in [0.15, 0.2) is 0 Å². The van der Waals surface area contributed by atoms with Crippen LogP contribution in [0.5, 0.6) is 0 Å². The highest BCUT2D eigenvalue weighted by molar-refractivity contribution is 6.16. The third-order valence-electron chi connectivity index (χ3n) is 3.97. The number of aliphatic imine (C=N–C) groups is 1. The Morgan fingerprint density at radius 2 is 1.70 bits per heavy atom. The zero-order chi connectivity index (χ0) is 16.1. The van der Waals surface area contributed by atoms with E-state index in [2.05, 4.69) is 55.5 Å². The van der Waals surface area contributed by atoms with Crippen LogP contribution < -0.4 is 0 Å². The molecule has 0 bridgehead atoms. The summed E-state index contributed by atoms with van der Waals surface area (Å²) in [4.78, 5) is 4.85. The van der Waals surface area contributed by atoms with Crippen molar-refractivity contribution >= 4 is 11.3 Å². The lowest BCUT2D eigenvalue weighted by atomic mass is 9.93. The van der Waals surface area contributed by atoms with Gasteiger partial charge < -0.3 is 4.74 Å². The van der Waals surface area contributed by atoms with E-state index >= 15 is 0 Å². The standard InChI is InChI=1S/C21H21NO/c1-3-4-12-18-17-13-8-9-14-19(17)21(22-15-20(18)23-2)16-10-6-5-7-11-16/h4-14H,3,15H2,1-2H3/b12-4+. The molecule has 116 valence electrons. The molecule has 0 aliphatic carbocycles. The molecular weight excluding hydrogens is 282 g/mol. The van der Waals surface area contributed by atoms with Gasteiger partial charge in [0.2, 0.25) is 0 Å². The van der Waals surface area contributed by atoms with Crippen molar-refractivity contribution in [2.75, 3.05) is 13.7 Å². The Bertz CT molecular complexity index is 769. The van der Waals surface area contributed by atoms with E-state index < -0.39 is 0 Å². The molecule has 0 aromatic heterocycles. The molecule has 0 atom stereocenters. The number of benzene rings is 2. The number of ether oxygens (including phenoxy) is 1. The van der Waals surface area contributed by atoms with Gasteiger partial charge in [0.25, 0.3) is 0 Å². The Labute approximate surface area is 137 Å². The molecule has 3 rings (SSSR count). The Morgan fingerprint density at radius 1 is 1.00 bits per heavy atom. The zero-order valence-electron chi connectivity index (χ0n) is 13.6. The summed E-state index contributed by atoms with van der Waals surface area (Å²) in [7, 11) is 1.72. The van der Waals surface area contributed by atoms with Crippen molar-refractivity contribution in [2.45, 2.75) is 13.3 Å². The monoisotopic (exact) mass is 303 g/mol. The predicted molar refractivity (Wildman–Crippen MR) is 96.8 cm³/mol. The first-order chi connectivity index (χ1) is 11.3. The fourth-order valence-electron chi connectivity index (χ4n) is 2.83. The van der Waals surface area contributed by atoms with Crippen molar-refractivity contribution in [2.24, 2.45) is 4.99 Å². The van der Waals surface area contributed by atoms with E-state index in [-0.39, 0.29) is 0 Å². The Hall–Kier alpha value is -2.61. The number of nitrogens with zero attached hydrogens (tertiary/aromatic N) is 1. The van der Waals surface area contributed by atoms with Crippen molar-refractivity contribution in [3.05, 3.63) is 89.2 Å². The highest BCUT2D eigenvalue weighted by Crippen LogP contribution is 2.29. The Morgan fingerprint density at radius 3 is 2.39 bits per heavy atom. The van der Waals surface area contributed by atoms with Gasteiger partial charge in [0.1, 0.15) is 5.76 Å². The van der Waals surface area contributed by atoms with E-state index in [1.165, 1.54) is 5.56 Å².